The van der Waals surface area contributed by atoms with Crippen LogP contribution in [0.3, 0.4) is 0 Å². The predicted octanol–water partition coefficient (Wildman–Crippen LogP) is 0.847. The van der Waals surface area contributed by atoms with Crippen molar-refractivity contribution in [2.75, 3.05) is 13.2 Å². The van der Waals surface area contributed by atoms with Crippen LogP contribution in [0.5, 0.6) is 0 Å². The lowest BCUT2D eigenvalue weighted by molar-refractivity contribution is -0.294. The minimum Gasteiger partial charge on any atom is -0.492 e. The summed E-state index contributed by atoms with van der Waals surface area (Å²) in [5, 5.41) is 8.37. The summed E-state index contributed by atoms with van der Waals surface area (Å²) in [4.78, 5) is 0. The summed E-state index contributed by atoms with van der Waals surface area (Å²) in [6.07, 6.45) is 3.35. The third kappa shape index (κ3) is 13.9. The molecular formula is C10H20NO2+. The van der Waals surface area contributed by atoms with E-state index in [4.69, 9.17) is 9.84 Å². The van der Waals surface area contributed by atoms with Gasteiger partial charge in [-0.2, -0.15) is 0 Å². The maximum absolute atomic E-state index is 8.37. The van der Waals surface area contributed by atoms with E-state index in [0.717, 1.165) is 0 Å². The second-order valence-corrected chi connectivity index (χ2v) is 2.03. The molecule has 0 aliphatic heterocycles. The van der Waals surface area contributed by atoms with Gasteiger partial charge in [-0.25, -0.2) is 0 Å². The van der Waals surface area contributed by atoms with Gasteiger partial charge in [-0.1, -0.05) is 20.4 Å². The summed E-state index contributed by atoms with van der Waals surface area (Å²) in [7, 11) is 0. The minimum absolute atomic E-state index is 0.00180. The van der Waals surface area contributed by atoms with Gasteiger partial charge in [0.15, 0.2) is 0 Å². The number of ether oxygens (including phenoxy) is 1. The summed E-state index contributed by atoms with van der Waals surface area (Å²) < 4.78 is 4.94. The van der Waals surface area contributed by atoms with Crippen LogP contribution in [0.15, 0.2) is 36.8 Å². The molecule has 0 rings (SSSR count). The third-order valence-corrected chi connectivity index (χ3v) is 0.884. The molecule has 0 radical (unpaired) electrons. The number of aliphatic hydroxyl groups excluding tert-OH is 1. The Bertz CT molecular complexity index is 174. The third-order valence-electron chi connectivity index (χ3n) is 0.884. The fourth-order valence-corrected chi connectivity index (χ4v) is 0.436. The quantitative estimate of drug-likeness (QED) is 0.494. The van der Waals surface area contributed by atoms with Gasteiger partial charge in [0.2, 0.25) is 0 Å². The zero-order chi connectivity index (χ0) is 10.7. The van der Waals surface area contributed by atoms with E-state index in [1.165, 1.54) is 0 Å². The maximum atomic E-state index is 8.37. The van der Waals surface area contributed by atoms with Crippen molar-refractivity contribution in [1.82, 2.24) is 0 Å². The van der Waals surface area contributed by atoms with Crippen LogP contribution in [-0.4, -0.2) is 18.3 Å². The van der Waals surface area contributed by atoms with Crippen LogP contribution in [-0.2, 0) is 4.74 Å². The molecule has 0 aliphatic carbocycles. The number of quaternary nitrogens is 1. The first-order valence-corrected chi connectivity index (χ1v) is 4.28. The molecule has 0 aromatic heterocycles. The van der Waals surface area contributed by atoms with Gasteiger partial charge in [-0.15, -0.1) is 0 Å². The molecule has 3 heteroatoms. The van der Waals surface area contributed by atoms with Gasteiger partial charge < -0.3 is 15.6 Å². The molecule has 0 aromatic carbocycles. The van der Waals surface area contributed by atoms with Gasteiger partial charge in [0.25, 0.3) is 0 Å². The Balaban J connectivity index is 0. The average molecular weight is 186 g/mol. The van der Waals surface area contributed by atoms with E-state index in [0.29, 0.717) is 11.5 Å². The lowest BCUT2D eigenvalue weighted by atomic mass is 10.4. The summed E-state index contributed by atoms with van der Waals surface area (Å²) in [5.41, 5.74) is 4.26. The lowest BCUT2D eigenvalue weighted by Crippen LogP contribution is -2.45. The molecule has 0 saturated heterocycles. The molecule has 0 bridgehead atoms. The van der Waals surface area contributed by atoms with Crippen molar-refractivity contribution in [1.29, 1.82) is 0 Å². The molecule has 0 unspecified atom stereocenters. The van der Waals surface area contributed by atoms with Gasteiger partial charge in [0.1, 0.15) is 18.1 Å². The van der Waals surface area contributed by atoms with Crippen LogP contribution < -0.4 is 5.73 Å². The predicted molar refractivity (Wildman–Crippen MR) is 54.7 cm³/mol. The van der Waals surface area contributed by atoms with Gasteiger partial charge in [0, 0.05) is 6.08 Å². The second-order valence-electron chi connectivity index (χ2n) is 2.03. The molecule has 0 aromatic rings. The fraction of sp³-hybridized carbons (Fsp3) is 0.400. The molecule has 0 saturated carbocycles. The van der Waals surface area contributed by atoms with Crippen molar-refractivity contribution in [2.45, 2.75) is 13.8 Å². The second kappa shape index (κ2) is 10.9. The fourth-order valence-electron chi connectivity index (χ4n) is 0.436. The summed E-state index contributed by atoms with van der Waals surface area (Å²) in [6, 6.07) is 0. The lowest BCUT2D eigenvalue weighted by Gasteiger charge is -2.00. The van der Waals surface area contributed by atoms with E-state index in [-0.39, 0.29) is 13.2 Å². The van der Waals surface area contributed by atoms with E-state index >= 15 is 0 Å². The van der Waals surface area contributed by atoms with E-state index in [1.54, 1.807) is 12.2 Å². The molecule has 0 amide bonds. The molecule has 4 N–H and O–H groups in total. The van der Waals surface area contributed by atoms with Crippen LogP contribution in [0.25, 0.3) is 0 Å². The molecule has 0 heterocycles. The monoisotopic (exact) mass is 186 g/mol. The van der Waals surface area contributed by atoms with Crippen LogP contribution >= 0.6 is 0 Å². The van der Waals surface area contributed by atoms with Crippen LogP contribution in [0, 0.1) is 0 Å². The van der Waals surface area contributed by atoms with Crippen molar-refractivity contribution in [3.63, 3.8) is 0 Å². The van der Waals surface area contributed by atoms with Gasteiger partial charge in [0.05, 0.1) is 6.61 Å². The normalized spacial score (nSPS) is 8.92. The van der Waals surface area contributed by atoms with Crippen LogP contribution in [0.2, 0.25) is 0 Å². The zero-order valence-electron chi connectivity index (χ0n) is 8.55. The highest BCUT2D eigenvalue weighted by atomic mass is 16.5. The number of hydrogen-bond acceptors (Lipinski definition) is 2. The highest BCUT2D eigenvalue weighted by Gasteiger charge is 1.87. The molecule has 0 fully saturated rings. The molecule has 0 spiro atoms. The van der Waals surface area contributed by atoms with E-state index < -0.39 is 0 Å². The van der Waals surface area contributed by atoms with Gasteiger partial charge >= 0.3 is 0 Å². The molecule has 13 heavy (non-hydrogen) atoms. The van der Waals surface area contributed by atoms with Gasteiger partial charge in [-0.05, 0) is 12.7 Å². The Kier molecular flexibility index (Phi) is 12.2. The number of rotatable bonds is 5. The zero-order valence-corrected chi connectivity index (χ0v) is 8.55. The Morgan fingerprint density at radius 3 is 2.31 bits per heavy atom. The van der Waals surface area contributed by atoms with Crippen LogP contribution in [0.4, 0.5) is 0 Å². The van der Waals surface area contributed by atoms with Crippen molar-refractivity contribution < 1.29 is 15.6 Å². The van der Waals surface area contributed by atoms with E-state index in [1.807, 2.05) is 13.8 Å². The Morgan fingerprint density at radius 1 is 1.38 bits per heavy atom. The van der Waals surface area contributed by atoms with Crippen molar-refractivity contribution >= 4 is 0 Å². The highest BCUT2D eigenvalue weighted by molar-refractivity contribution is 5.15. The first kappa shape index (κ1) is 14.5. The molecule has 76 valence electrons. The molecule has 0 atom stereocenters. The van der Waals surface area contributed by atoms with Crippen molar-refractivity contribution in [3.05, 3.63) is 36.8 Å². The minimum atomic E-state index is -0.00180. The van der Waals surface area contributed by atoms with E-state index in [2.05, 4.69) is 18.9 Å². The highest BCUT2D eigenvalue weighted by Crippen LogP contribution is 1.95. The Hall–Kier alpha value is -1.06. The average Bonchev–Trinajstić information content (AvgIpc) is 2.14. The number of allylic oxidation sites excluding steroid dienone is 2. The first-order valence-electron chi connectivity index (χ1n) is 4.28. The number of aliphatic hydroxyl groups is 1. The SMILES string of the molecule is C=C([NH3+])/C=C\C(=C)OCCO.CC. The molecule has 0 aliphatic rings. The largest absolute Gasteiger partial charge is 0.492 e. The van der Waals surface area contributed by atoms with Crippen molar-refractivity contribution in [3.8, 4) is 0 Å². The Labute approximate surface area is 80.2 Å². The first-order chi connectivity index (χ1) is 6.16. The number of hydrogen-bond donors (Lipinski definition) is 2. The maximum Gasteiger partial charge on any atom is 0.120 e. The molecule has 3 nitrogen and oxygen atoms in total. The van der Waals surface area contributed by atoms with E-state index in [9.17, 15) is 0 Å². The standard InChI is InChI=1S/C8H13NO2.C2H6/c1-7(9)3-4-8(2)11-6-5-10;1-2/h3-4,10H,1-2,5-6,9H2;1-2H3/p+1/b4-3-;. The van der Waals surface area contributed by atoms with Crippen molar-refractivity contribution in [2.24, 2.45) is 0 Å². The van der Waals surface area contributed by atoms with Gasteiger partial charge in [-0.3, -0.25) is 0 Å². The molecular weight excluding hydrogens is 166 g/mol. The van der Waals surface area contributed by atoms with Crippen LogP contribution in [0.1, 0.15) is 13.8 Å². The summed E-state index contributed by atoms with van der Waals surface area (Å²) >= 11 is 0. The summed E-state index contributed by atoms with van der Waals surface area (Å²) in [5.74, 6) is 0.504. The smallest absolute Gasteiger partial charge is 0.120 e. The Morgan fingerprint density at radius 2 is 1.92 bits per heavy atom. The topological polar surface area (TPSA) is 57.1 Å². The summed E-state index contributed by atoms with van der Waals surface area (Å²) in [6.45, 7) is 11.4.